The van der Waals surface area contributed by atoms with Crippen molar-refractivity contribution in [3.05, 3.63) is 40.3 Å². The van der Waals surface area contributed by atoms with Gasteiger partial charge in [-0.2, -0.15) is 4.31 Å². The van der Waals surface area contributed by atoms with Crippen LogP contribution in [0, 0.1) is 6.92 Å². The van der Waals surface area contributed by atoms with E-state index in [1.54, 1.807) is 35.0 Å². The third-order valence-corrected chi connectivity index (χ3v) is 7.31. The van der Waals surface area contributed by atoms with E-state index < -0.39 is 10.0 Å². The maximum atomic E-state index is 12.7. The summed E-state index contributed by atoms with van der Waals surface area (Å²) in [6.07, 6.45) is 1.78. The average Bonchev–Trinajstić information content (AvgIpc) is 3.28. The van der Waals surface area contributed by atoms with Gasteiger partial charge in [0, 0.05) is 30.2 Å². The van der Waals surface area contributed by atoms with Crippen molar-refractivity contribution in [1.29, 1.82) is 0 Å². The van der Waals surface area contributed by atoms with Gasteiger partial charge in [-0.15, -0.1) is 11.3 Å². The Bertz CT molecular complexity index is 905. The Balaban J connectivity index is 1.62. The molecule has 0 atom stereocenters. The first-order valence-electron chi connectivity index (χ1n) is 8.84. The molecular weight excluding hydrogens is 384 g/mol. The van der Waals surface area contributed by atoms with Gasteiger partial charge >= 0.3 is 0 Å². The number of nitrogens with zero attached hydrogens (tertiary/aromatic N) is 3. The number of aromatic nitrogens is 1. The molecule has 0 saturated carbocycles. The lowest BCUT2D eigenvalue weighted by Crippen LogP contribution is -2.30. The number of carbonyl (C=O) groups is 1. The van der Waals surface area contributed by atoms with Crippen molar-refractivity contribution in [1.82, 2.24) is 14.2 Å². The van der Waals surface area contributed by atoms with Crippen LogP contribution in [0.25, 0.3) is 0 Å². The molecule has 0 aliphatic carbocycles. The van der Waals surface area contributed by atoms with Gasteiger partial charge in [-0.3, -0.25) is 9.69 Å². The highest BCUT2D eigenvalue weighted by atomic mass is 32.2. The highest BCUT2D eigenvalue weighted by Gasteiger charge is 2.27. The van der Waals surface area contributed by atoms with E-state index in [0.717, 1.165) is 23.4 Å². The summed E-state index contributed by atoms with van der Waals surface area (Å²) in [5, 5.41) is 2.79. The molecule has 1 aliphatic heterocycles. The van der Waals surface area contributed by atoms with Crippen LogP contribution in [-0.4, -0.2) is 55.2 Å². The van der Waals surface area contributed by atoms with E-state index in [1.165, 1.54) is 10.4 Å². The van der Waals surface area contributed by atoms with E-state index in [2.05, 4.69) is 10.3 Å². The summed E-state index contributed by atoms with van der Waals surface area (Å²) < 4.78 is 26.8. The van der Waals surface area contributed by atoms with E-state index in [1.807, 2.05) is 18.9 Å². The Kier molecular flexibility index (Phi) is 6.25. The van der Waals surface area contributed by atoms with Crippen LogP contribution in [0.2, 0.25) is 0 Å². The Morgan fingerprint density at radius 1 is 1.33 bits per heavy atom. The molecule has 1 aliphatic rings. The number of benzene rings is 1. The molecule has 1 fully saturated rings. The van der Waals surface area contributed by atoms with Crippen molar-refractivity contribution in [3.8, 4) is 0 Å². The summed E-state index contributed by atoms with van der Waals surface area (Å²) in [6, 6.07) is 6.46. The molecule has 1 aromatic heterocycles. The number of likely N-dealkylation sites (N-methyl/N-ethyl adjacent to an activating group) is 1. The lowest BCUT2D eigenvalue weighted by molar-refractivity contribution is -0.117. The molecule has 0 spiro atoms. The van der Waals surface area contributed by atoms with Crippen molar-refractivity contribution >= 4 is 33.0 Å². The minimum atomic E-state index is -3.49. The van der Waals surface area contributed by atoms with Crippen LogP contribution < -0.4 is 5.32 Å². The standard InChI is InChI=1S/C18H24N4O3S2/c1-14-17(26-13-19-14)11-21(2)12-18(23)20-15-6-5-7-16(10-15)27(24,25)22-8-3-4-9-22/h5-7,10,13H,3-4,8-9,11-12H2,1-2H3,(H,20,23). The van der Waals surface area contributed by atoms with Gasteiger partial charge < -0.3 is 5.32 Å². The van der Waals surface area contributed by atoms with Crippen molar-refractivity contribution < 1.29 is 13.2 Å². The molecular formula is C18H24N4O3S2. The predicted octanol–water partition coefficient (Wildman–Crippen LogP) is 2.31. The fourth-order valence-electron chi connectivity index (χ4n) is 3.04. The number of rotatable bonds is 7. The van der Waals surface area contributed by atoms with Crippen LogP contribution >= 0.6 is 11.3 Å². The summed E-state index contributed by atoms with van der Waals surface area (Å²) in [5.41, 5.74) is 3.26. The fourth-order valence-corrected chi connectivity index (χ4v) is 5.46. The number of hydrogen-bond acceptors (Lipinski definition) is 6. The maximum Gasteiger partial charge on any atom is 0.243 e. The van der Waals surface area contributed by atoms with Crippen LogP contribution in [0.1, 0.15) is 23.4 Å². The van der Waals surface area contributed by atoms with E-state index in [4.69, 9.17) is 0 Å². The molecule has 2 aromatic rings. The number of thiazole rings is 1. The van der Waals surface area contributed by atoms with E-state index in [-0.39, 0.29) is 17.3 Å². The minimum Gasteiger partial charge on any atom is -0.325 e. The first kappa shape index (κ1) is 19.9. The van der Waals surface area contributed by atoms with Gasteiger partial charge in [0.25, 0.3) is 0 Å². The lowest BCUT2D eigenvalue weighted by atomic mass is 10.3. The molecule has 0 bridgehead atoms. The normalized spacial score (nSPS) is 15.4. The molecule has 7 nitrogen and oxygen atoms in total. The first-order valence-corrected chi connectivity index (χ1v) is 11.2. The lowest BCUT2D eigenvalue weighted by Gasteiger charge is -2.17. The maximum absolute atomic E-state index is 12.7. The Morgan fingerprint density at radius 3 is 2.74 bits per heavy atom. The van der Waals surface area contributed by atoms with Gasteiger partial charge in [0.05, 0.1) is 22.6 Å². The summed E-state index contributed by atoms with van der Waals surface area (Å²) in [4.78, 5) is 19.8. The Labute approximate surface area is 164 Å². The number of anilines is 1. The second-order valence-electron chi connectivity index (χ2n) is 6.72. The highest BCUT2D eigenvalue weighted by molar-refractivity contribution is 7.89. The van der Waals surface area contributed by atoms with Gasteiger partial charge in [-0.1, -0.05) is 6.07 Å². The van der Waals surface area contributed by atoms with Gasteiger partial charge in [0.1, 0.15) is 0 Å². The second kappa shape index (κ2) is 8.47. The van der Waals surface area contributed by atoms with Gasteiger partial charge in [-0.25, -0.2) is 13.4 Å². The van der Waals surface area contributed by atoms with Gasteiger partial charge in [0.15, 0.2) is 0 Å². The molecule has 1 aromatic carbocycles. The third kappa shape index (κ3) is 4.92. The summed E-state index contributed by atoms with van der Waals surface area (Å²) in [5.74, 6) is -0.185. The number of carbonyl (C=O) groups excluding carboxylic acids is 1. The zero-order valence-corrected chi connectivity index (χ0v) is 17.1. The molecule has 1 saturated heterocycles. The SMILES string of the molecule is Cc1ncsc1CN(C)CC(=O)Nc1cccc(S(=O)(=O)N2CCCC2)c1. The summed E-state index contributed by atoms with van der Waals surface area (Å²) >= 11 is 1.57. The smallest absolute Gasteiger partial charge is 0.243 e. The topological polar surface area (TPSA) is 82.6 Å². The van der Waals surface area contributed by atoms with E-state index in [0.29, 0.717) is 25.3 Å². The highest BCUT2D eigenvalue weighted by Crippen LogP contribution is 2.23. The van der Waals surface area contributed by atoms with Crippen LogP contribution in [-0.2, 0) is 21.4 Å². The zero-order valence-electron chi connectivity index (χ0n) is 15.5. The van der Waals surface area contributed by atoms with Crippen LogP contribution in [0.15, 0.2) is 34.7 Å². The molecule has 9 heteroatoms. The molecule has 0 radical (unpaired) electrons. The summed E-state index contributed by atoms with van der Waals surface area (Å²) in [7, 11) is -1.62. The number of aryl methyl sites for hydroxylation is 1. The van der Waals surface area contributed by atoms with Gasteiger partial charge in [-0.05, 0) is 45.0 Å². The first-order chi connectivity index (χ1) is 12.9. The summed E-state index contributed by atoms with van der Waals surface area (Å²) in [6.45, 7) is 3.92. The molecule has 3 rings (SSSR count). The van der Waals surface area contributed by atoms with Crippen molar-refractivity contribution in [2.75, 3.05) is 32.0 Å². The average molecular weight is 409 g/mol. The largest absolute Gasteiger partial charge is 0.325 e. The third-order valence-electron chi connectivity index (χ3n) is 4.49. The van der Waals surface area contributed by atoms with Crippen LogP contribution in [0.3, 0.4) is 0 Å². The minimum absolute atomic E-state index is 0.185. The molecule has 146 valence electrons. The fraction of sp³-hybridized carbons (Fsp3) is 0.444. The Hall–Kier alpha value is -1.81. The van der Waals surface area contributed by atoms with E-state index in [9.17, 15) is 13.2 Å². The number of sulfonamides is 1. The van der Waals surface area contributed by atoms with Crippen LogP contribution in [0.4, 0.5) is 5.69 Å². The van der Waals surface area contributed by atoms with Crippen molar-refractivity contribution in [2.45, 2.75) is 31.2 Å². The monoisotopic (exact) mass is 408 g/mol. The molecule has 27 heavy (non-hydrogen) atoms. The van der Waals surface area contributed by atoms with Crippen molar-refractivity contribution in [3.63, 3.8) is 0 Å². The Morgan fingerprint density at radius 2 is 2.07 bits per heavy atom. The number of nitrogens with one attached hydrogen (secondary N) is 1. The molecule has 0 unspecified atom stereocenters. The number of amides is 1. The predicted molar refractivity (Wildman–Crippen MR) is 106 cm³/mol. The van der Waals surface area contributed by atoms with Crippen LogP contribution in [0.5, 0.6) is 0 Å². The number of hydrogen-bond donors (Lipinski definition) is 1. The quantitative estimate of drug-likeness (QED) is 0.760. The van der Waals surface area contributed by atoms with Gasteiger partial charge in [0.2, 0.25) is 15.9 Å². The van der Waals surface area contributed by atoms with E-state index >= 15 is 0 Å². The molecule has 2 heterocycles. The van der Waals surface area contributed by atoms with Crippen molar-refractivity contribution in [2.24, 2.45) is 0 Å². The zero-order chi connectivity index (χ0) is 19.4. The molecule has 1 amide bonds. The second-order valence-corrected chi connectivity index (χ2v) is 9.60. The molecule has 1 N–H and O–H groups in total.